The van der Waals surface area contributed by atoms with Crippen molar-refractivity contribution >= 4 is 16.7 Å². The lowest BCUT2D eigenvalue weighted by Gasteiger charge is -2.15. The van der Waals surface area contributed by atoms with Gasteiger partial charge in [0.05, 0.1) is 0 Å². The molecule has 4 aromatic rings. The van der Waals surface area contributed by atoms with Crippen molar-refractivity contribution in [2.45, 2.75) is 59.7 Å². The molecule has 0 aliphatic carbocycles. The van der Waals surface area contributed by atoms with E-state index in [4.69, 9.17) is 15.0 Å². The van der Waals surface area contributed by atoms with Crippen molar-refractivity contribution in [1.29, 1.82) is 0 Å². The topological polar surface area (TPSA) is 74.8 Å². The second-order valence-corrected chi connectivity index (χ2v) is 10.7. The quantitative estimate of drug-likeness (QED) is 0.164. The van der Waals surface area contributed by atoms with Gasteiger partial charge in [-0.3, -0.25) is 0 Å². The fourth-order valence-corrected chi connectivity index (χ4v) is 4.36. The Balaban J connectivity index is 1.61. The highest BCUT2D eigenvalue weighted by Crippen LogP contribution is 2.20. The summed E-state index contributed by atoms with van der Waals surface area (Å²) in [4.78, 5) is 14.6. The predicted molar refractivity (Wildman–Crippen MR) is 175 cm³/mol. The molecule has 0 bridgehead atoms. The molecule has 42 heavy (non-hydrogen) atoms. The van der Waals surface area contributed by atoms with Gasteiger partial charge in [-0.05, 0) is 58.2 Å². The molecule has 0 fully saturated rings. The smallest absolute Gasteiger partial charge is 0.161 e. The van der Waals surface area contributed by atoms with Crippen LogP contribution >= 0.6 is 0 Å². The maximum Gasteiger partial charge on any atom is 0.161 e. The van der Waals surface area contributed by atoms with Crippen LogP contribution in [0, 0.1) is 0 Å². The monoisotopic (exact) mass is 558 g/mol. The summed E-state index contributed by atoms with van der Waals surface area (Å²) in [5, 5.41) is 10.5. The third kappa shape index (κ3) is 8.40. The third-order valence-electron chi connectivity index (χ3n) is 7.24. The lowest BCUT2D eigenvalue weighted by atomic mass is 10.1. The maximum absolute atomic E-state index is 4.87. The molecule has 3 atom stereocenters. The van der Waals surface area contributed by atoms with Gasteiger partial charge in [-0.15, -0.1) is 0 Å². The van der Waals surface area contributed by atoms with Crippen molar-refractivity contribution in [3.8, 4) is 0 Å². The largest absolute Gasteiger partial charge is 0.384 e. The fourth-order valence-electron chi connectivity index (χ4n) is 4.36. The minimum atomic E-state index is 0.151. The molecule has 3 aromatic carbocycles. The van der Waals surface area contributed by atoms with Crippen LogP contribution in [0.4, 0.5) is 0 Å². The van der Waals surface area contributed by atoms with E-state index in [9.17, 15) is 0 Å². The molecular formula is C36H42N6. The number of rotatable bonds is 12. The molecule has 1 heterocycles. The molecule has 0 aliphatic heterocycles. The summed E-state index contributed by atoms with van der Waals surface area (Å²) >= 11 is 0. The minimum Gasteiger partial charge on any atom is -0.384 e. The highest BCUT2D eigenvalue weighted by atomic mass is 15.0. The number of hydrogen-bond acceptors (Lipinski definition) is 6. The van der Waals surface area contributed by atoms with Crippen molar-refractivity contribution in [3.63, 3.8) is 0 Å². The van der Waals surface area contributed by atoms with Crippen molar-refractivity contribution in [2.75, 3.05) is 0 Å². The Morgan fingerprint density at radius 3 is 0.929 bits per heavy atom. The number of benzene rings is 3. The molecule has 0 aliphatic rings. The normalized spacial score (nSPS) is 14.6. The molecule has 1 aromatic heterocycles. The Morgan fingerprint density at radius 1 is 0.452 bits per heavy atom. The molecule has 6 heteroatoms. The van der Waals surface area contributed by atoms with Gasteiger partial charge < -0.3 is 16.0 Å². The number of aromatic nitrogens is 3. The number of nitrogens with zero attached hydrogens (tertiary/aromatic N) is 3. The predicted octanol–water partition coefficient (Wildman–Crippen LogP) is 8.01. The summed E-state index contributed by atoms with van der Waals surface area (Å²) in [5.74, 6) is 1.90. The molecule has 6 nitrogen and oxygen atoms in total. The van der Waals surface area contributed by atoms with Gasteiger partial charge in [0.1, 0.15) is 0 Å². The summed E-state index contributed by atoms with van der Waals surface area (Å²) in [7, 11) is 0. The van der Waals surface area contributed by atoms with Crippen LogP contribution in [-0.2, 0) is 0 Å². The van der Waals surface area contributed by atoms with Crippen LogP contribution in [0.2, 0.25) is 0 Å². The van der Waals surface area contributed by atoms with E-state index in [0.717, 1.165) is 16.7 Å². The van der Waals surface area contributed by atoms with Crippen LogP contribution in [0.3, 0.4) is 0 Å². The Morgan fingerprint density at radius 2 is 0.690 bits per heavy atom. The molecule has 0 radical (unpaired) electrons. The van der Waals surface area contributed by atoms with Crippen molar-refractivity contribution in [1.82, 2.24) is 30.9 Å². The summed E-state index contributed by atoms with van der Waals surface area (Å²) in [6.07, 6.45) is 5.97. The van der Waals surface area contributed by atoms with Gasteiger partial charge in [0.2, 0.25) is 0 Å². The van der Waals surface area contributed by atoms with E-state index in [-0.39, 0.29) is 18.1 Å². The first kappa shape index (κ1) is 30.3. The van der Waals surface area contributed by atoms with Gasteiger partial charge in [-0.25, -0.2) is 15.0 Å². The molecule has 0 saturated heterocycles. The molecule has 4 rings (SSSR count). The van der Waals surface area contributed by atoms with Gasteiger partial charge in [-0.2, -0.15) is 0 Å². The molecule has 3 N–H and O–H groups in total. The van der Waals surface area contributed by atoms with Crippen molar-refractivity contribution in [3.05, 3.63) is 144 Å². The van der Waals surface area contributed by atoms with Gasteiger partial charge in [-0.1, -0.05) is 91.0 Å². The van der Waals surface area contributed by atoms with Crippen LogP contribution in [0.1, 0.15) is 93.8 Å². The molecule has 216 valence electrons. The minimum absolute atomic E-state index is 0.151. The van der Waals surface area contributed by atoms with E-state index in [1.54, 1.807) is 0 Å². The first-order valence-electron chi connectivity index (χ1n) is 14.5. The van der Waals surface area contributed by atoms with E-state index in [1.165, 1.54) is 16.7 Å². The van der Waals surface area contributed by atoms with E-state index in [2.05, 4.69) is 110 Å². The van der Waals surface area contributed by atoms with Crippen molar-refractivity contribution in [2.24, 2.45) is 0 Å². The number of allylic oxidation sites excluding steroid dienone is 3. The molecule has 0 spiro atoms. The number of nitrogens with one attached hydrogen (secondary N) is 3. The van der Waals surface area contributed by atoms with Crippen LogP contribution in [-0.4, -0.2) is 15.0 Å². The van der Waals surface area contributed by atoms with Gasteiger partial charge in [0, 0.05) is 53.4 Å². The highest BCUT2D eigenvalue weighted by molar-refractivity contribution is 5.65. The summed E-state index contributed by atoms with van der Waals surface area (Å²) in [6.45, 7) is 12.5. The summed E-state index contributed by atoms with van der Waals surface area (Å²) in [6, 6.07) is 31.6. The third-order valence-corrected chi connectivity index (χ3v) is 7.24. The Kier molecular flexibility index (Phi) is 10.6. The van der Waals surface area contributed by atoms with E-state index in [0.29, 0.717) is 17.5 Å². The van der Waals surface area contributed by atoms with Crippen molar-refractivity contribution < 1.29 is 0 Å². The Labute approximate surface area is 250 Å². The van der Waals surface area contributed by atoms with E-state index in [1.807, 2.05) is 57.6 Å². The highest BCUT2D eigenvalue weighted by Gasteiger charge is 2.13. The standard InChI is InChI=1S/C36H42N6/c1-25(22-37-28(4)31-16-10-7-11-17-31)34-40-35(26(2)23-38-29(5)32-18-12-8-13-19-32)42-36(41-34)27(3)24-39-30(6)33-20-14-9-15-21-33/h7-24,28-30,37-39H,1-6H3/b25-22+,26-23+,27-24+. The lowest BCUT2D eigenvalue weighted by Crippen LogP contribution is -2.15. The van der Waals surface area contributed by atoms with Crippen LogP contribution < -0.4 is 16.0 Å². The molecule has 0 amide bonds. The van der Waals surface area contributed by atoms with Crippen LogP contribution in [0.25, 0.3) is 16.7 Å². The van der Waals surface area contributed by atoms with Crippen LogP contribution in [0.15, 0.2) is 110 Å². The lowest BCUT2D eigenvalue weighted by molar-refractivity contribution is 0.685. The SMILES string of the molecule is C/C(=C\NC(C)c1ccccc1)c1nc(/C(C)=C/NC(C)c2ccccc2)nc(/C(C)=C/NC(C)c2ccccc2)n1. The summed E-state index contributed by atoms with van der Waals surface area (Å²) < 4.78 is 0. The summed E-state index contributed by atoms with van der Waals surface area (Å²) in [5.41, 5.74) is 6.44. The zero-order valence-corrected chi connectivity index (χ0v) is 25.5. The number of hydrogen-bond donors (Lipinski definition) is 3. The van der Waals surface area contributed by atoms with E-state index >= 15 is 0 Å². The Bertz CT molecular complexity index is 1310. The molecule has 0 saturated carbocycles. The maximum atomic E-state index is 4.87. The van der Waals surface area contributed by atoms with Gasteiger partial charge >= 0.3 is 0 Å². The van der Waals surface area contributed by atoms with E-state index < -0.39 is 0 Å². The van der Waals surface area contributed by atoms with Gasteiger partial charge in [0.15, 0.2) is 17.5 Å². The average Bonchev–Trinajstić information content (AvgIpc) is 3.05. The first-order valence-corrected chi connectivity index (χ1v) is 14.5. The van der Waals surface area contributed by atoms with Gasteiger partial charge in [0.25, 0.3) is 0 Å². The fraction of sp³-hybridized carbons (Fsp3) is 0.250. The average molecular weight is 559 g/mol. The zero-order chi connectivity index (χ0) is 29.9. The first-order chi connectivity index (χ1) is 20.3. The molecular weight excluding hydrogens is 516 g/mol. The Hall–Kier alpha value is -4.71. The molecule has 3 unspecified atom stereocenters. The van der Waals surface area contributed by atoms with Crippen LogP contribution in [0.5, 0.6) is 0 Å². The second-order valence-electron chi connectivity index (χ2n) is 10.7. The zero-order valence-electron chi connectivity index (χ0n) is 25.5. The second kappa shape index (κ2) is 14.8.